The molecular formula is C25H20ClFN2O2S2. The molecule has 33 heavy (non-hydrogen) atoms. The molecule has 0 saturated heterocycles. The summed E-state index contributed by atoms with van der Waals surface area (Å²) in [7, 11) is 0. The van der Waals surface area contributed by atoms with Gasteiger partial charge in [-0.3, -0.25) is 9.59 Å². The highest BCUT2D eigenvalue weighted by Crippen LogP contribution is 2.41. The molecule has 0 saturated carbocycles. The number of amides is 2. The molecule has 1 aliphatic carbocycles. The Morgan fingerprint density at radius 1 is 0.970 bits per heavy atom. The fraction of sp³-hybridized carbons (Fsp3) is 0.200. The van der Waals surface area contributed by atoms with E-state index in [4.69, 9.17) is 11.6 Å². The molecule has 0 unspecified atom stereocenters. The Balaban J connectivity index is 1.49. The number of halogens is 2. The quantitative estimate of drug-likeness (QED) is 0.307. The number of hydrogen-bond acceptors (Lipinski definition) is 4. The van der Waals surface area contributed by atoms with Gasteiger partial charge in [-0.05, 0) is 62.4 Å². The summed E-state index contributed by atoms with van der Waals surface area (Å²) in [5.41, 5.74) is 3.30. The van der Waals surface area contributed by atoms with Crippen molar-refractivity contribution >= 4 is 66.9 Å². The van der Waals surface area contributed by atoms with Crippen LogP contribution in [0.2, 0.25) is 5.02 Å². The van der Waals surface area contributed by atoms with Crippen LogP contribution in [-0.2, 0) is 12.8 Å². The van der Waals surface area contributed by atoms with Gasteiger partial charge in [-0.1, -0.05) is 35.4 Å². The molecule has 168 valence electrons. The summed E-state index contributed by atoms with van der Waals surface area (Å²) in [6.45, 7) is 1.99. The number of carbonyl (C=O) groups is 2. The molecule has 2 heterocycles. The van der Waals surface area contributed by atoms with E-state index in [1.165, 1.54) is 17.4 Å². The van der Waals surface area contributed by atoms with E-state index in [1.807, 2.05) is 31.2 Å². The molecule has 2 N–H and O–H groups in total. The van der Waals surface area contributed by atoms with E-state index in [2.05, 4.69) is 10.6 Å². The largest absolute Gasteiger partial charge is 0.322 e. The van der Waals surface area contributed by atoms with Gasteiger partial charge < -0.3 is 10.6 Å². The first-order valence-electron chi connectivity index (χ1n) is 10.6. The second kappa shape index (κ2) is 8.89. The molecule has 8 heteroatoms. The van der Waals surface area contributed by atoms with Crippen LogP contribution in [0.25, 0.3) is 10.1 Å². The third-order valence-electron chi connectivity index (χ3n) is 5.75. The molecule has 2 aromatic carbocycles. The van der Waals surface area contributed by atoms with Crippen LogP contribution in [0.1, 0.15) is 48.9 Å². The first kappa shape index (κ1) is 22.1. The highest BCUT2D eigenvalue weighted by atomic mass is 35.5. The van der Waals surface area contributed by atoms with Crippen LogP contribution in [0.3, 0.4) is 0 Å². The number of rotatable bonds is 4. The molecular weight excluding hydrogens is 479 g/mol. The predicted molar refractivity (Wildman–Crippen MR) is 135 cm³/mol. The number of carbonyl (C=O) groups excluding carboxylic acids is 2. The average Bonchev–Trinajstić information content (AvgIpc) is 3.33. The SMILES string of the molecule is Cc1ccc(NC(=O)c2c(NC(=O)c3sc4cccc(F)c4c3Cl)sc3c2CCCC3)cc1. The molecule has 0 bridgehead atoms. The smallest absolute Gasteiger partial charge is 0.267 e. The Labute approximate surface area is 203 Å². The van der Waals surface area contributed by atoms with Gasteiger partial charge >= 0.3 is 0 Å². The fourth-order valence-corrected chi connectivity index (χ4v) is 6.84. The van der Waals surface area contributed by atoms with Gasteiger partial charge in [-0.2, -0.15) is 0 Å². The summed E-state index contributed by atoms with van der Waals surface area (Å²) in [5.74, 6) is -1.15. The van der Waals surface area contributed by atoms with Crippen molar-refractivity contribution in [2.75, 3.05) is 10.6 Å². The lowest BCUT2D eigenvalue weighted by molar-refractivity contribution is 0.102. The van der Waals surface area contributed by atoms with Gasteiger partial charge in [-0.15, -0.1) is 22.7 Å². The van der Waals surface area contributed by atoms with Gasteiger partial charge in [0.05, 0.1) is 10.6 Å². The molecule has 0 radical (unpaired) electrons. The number of hydrogen-bond donors (Lipinski definition) is 2. The third kappa shape index (κ3) is 4.16. The van der Waals surface area contributed by atoms with E-state index in [9.17, 15) is 14.0 Å². The second-order valence-electron chi connectivity index (χ2n) is 8.05. The van der Waals surface area contributed by atoms with Gasteiger partial charge in [0, 0.05) is 20.7 Å². The van der Waals surface area contributed by atoms with Gasteiger partial charge in [0.1, 0.15) is 15.7 Å². The van der Waals surface area contributed by atoms with Crippen LogP contribution >= 0.6 is 34.3 Å². The van der Waals surface area contributed by atoms with Crippen molar-refractivity contribution in [3.63, 3.8) is 0 Å². The summed E-state index contributed by atoms with van der Waals surface area (Å²) in [6, 6.07) is 12.2. The Morgan fingerprint density at radius 2 is 1.73 bits per heavy atom. The number of aryl methyl sites for hydroxylation is 2. The van der Waals surface area contributed by atoms with Crippen LogP contribution in [-0.4, -0.2) is 11.8 Å². The maximum atomic E-state index is 14.2. The minimum absolute atomic E-state index is 0.0950. The zero-order valence-electron chi connectivity index (χ0n) is 17.8. The van der Waals surface area contributed by atoms with Gasteiger partial charge in [-0.25, -0.2) is 4.39 Å². The molecule has 0 atom stereocenters. The average molecular weight is 499 g/mol. The first-order chi connectivity index (χ1) is 15.9. The van der Waals surface area contributed by atoms with E-state index in [-0.39, 0.29) is 21.2 Å². The minimum Gasteiger partial charge on any atom is -0.322 e. The lowest BCUT2D eigenvalue weighted by Gasteiger charge is -2.13. The molecule has 5 rings (SSSR count). The van der Waals surface area contributed by atoms with Crippen LogP contribution in [0.5, 0.6) is 0 Å². The van der Waals surface area contributed by atoms with Crippen LogP contribution in [0.4, 0.5) is 15.1 Å². The van der Waals surface area contributed by atoms with Crippen molar-refractivity contribution in [2.45, 2.75) is 32.6 Å². The number of benzene rings is 2. The summed E-state index contributed by atoms with van der Waals surface area (Å²) >= 11 is 8.96. The summed E-state index contributed by atoms with van der Waals surface area (Å²) in [6.07, 6.45) is 3.74. The highest BCUT2D eigenvalue weighted by Gasteiger charge is 2.28. The van der Waals surface area contributed by atoms with E-state index in [1.54, 1.807) is 12.1 Å². The van der Waals surface area contributed by atoms with Gasteiger partial charge in [0.25, 0.3) is 11.8 Å². The zero-order chi connectivity index (χ0) is 23.1. The minimum atomic E-state index is -0.461. The summed E-state index contributed by atoms with van der Waals surface area (Å²) < 4.78 is 14.9. The predicted octanol–water partition coefficient (Wildman–Crippen LogP) is 7.45. The monoisotopic (exact) mass is 498 g/mol. The van der Waals surface area contributed by atoms with Crippen molar-refractivity contribution < 1.29 is 14.0 Å². The molecule has 2 amide bonds. The van der Waals surface area contributed by atoms with Gasteiger partial charge in [0.15, 0.2) is 0 Å². The van der Waals surface area contributed by atoms with Gasteiger partial charge in [0.2, 0.25) is 0 Å². The summed E-state index contributed by atoms with van der Waals surface area (Å²) in [5, 5.41) is 6.71. The second-order valence-corrected chi connectivity index (χ2v) is 10.6. The molecule has 2 aromatic heterocycles. The van der Waals surface area contributed by atoms with Crippen molar-refractivity contribution in [1.82, 2.24) is 0 Å². The van der Waals surface area contributed by atoms with E-state index in [0.29, 0.717) is 21.0 Å². The number of nitrogens with one attached hydrogen (secondary N) is 2. The van der Waals surface area contributed by atoms with Crippen molar-refractivity contribution in [3.05, 3.63) is 79.7 Å². The number of thiophene rings is 2. The topological polar surface area (TPSA) is 58.2 Å². The molecule has 4 aromatic rings. The van der Waals surface area contributed by atoms with Crippen LogP contribution < -0.4 is 10.6 Å². The molecule has 0 spiro atoms. The first-order valence-corrected chi connectivity index (χ1v) is 12.6. The maximum absolute atomic E-state index is 14.2. The lowest BCUT2D eigenvalue weighted by Crippen LogP contribution is -2.18. The van der Waals surface area contributed by atoms with Crippen molar-refractivity contribution in [3.8, 4) is 0 Å². The Morgan fingerprint density at radius 3 is 2.48 bits per heavy atom. The number of anilines is 2. The van der Waals surface area contributed by atoms with E-state index >= 15 is 0 Å². The normalized spacial score (nSPS) is 13.1. The standard InChI is InChI=1S/C25H20ClFN2O2S2/c1-13-9-11-14(12-10-13)28-23(30)19-15-5-2-3-7-17(15)33-25(19)29-24(31)22-21(26)20-16(27)6-4-8-18(20)32-22/h4,6,8-12H,2-3,5,7H2,1H3,(H,28,30)(H,29,31). The third-order valence-corrected chi connectivity index (χ3v) is 8.60. The highest BCUT2D eigenvalue weighted by molar-refractivity contribution is 7.22. The fourth-order valence-electron chi connectivity index (χ4n) is 4.10. The van der Waals surface area contributed by atoms with Crippen molar-refractivity contribution in [1.29, 1.82) is 0 Å². The molecule has 0 aliphatic heterocycles. The van der Waals surface area contributed by atoms with Crippen LogP contribution in [0, 0.1) is 12.7 Å². The molecule has 4 nitrogen and oxygen atoms in total. The molecule has 1 aliphatic rings. The van der Waals surface area contributed by atoms with E-state index in [0.717, 1.165) is 53.0 Å². The maximum Gasteiger partial charge on any atom is 0.267 e. The number of fused-ring (bicyclic) bond motifs is 2. The Hall–Kier alpha value is -2.74. The van der Waals surface area contributed by atoms with E-state index < -0.39 is 11.7 Å². The Bertz CT molecular complexity index is 1390. The van der Waals surface area contributed by atoms with Crippen molar-refractivity contribution in [2.24, 2.45) is 0 Å². The Kier molecular flexibility index (Phi) is 5.95. The zero-order valence-corrected chi connectivity index (χ0v) is 20.1. The van der Waals surface area contributed by atoms with Crippen LogP contribution in [0.15, 0.2) is 42.5 Å². The molecule has 0 fully saturated rings. The lowest BCUT2D eigenvalue weighted by atomic mass is 9.95. The summed E-state index contributed by atoms with van der Waals surface area (Å²) in [4.78, 5) is 27.8.